The second-order valence-corrected chi connectivity index (χ2v) is 7.08. The van der Waals surface area contributed by atoms with Gasteiger partial charge in [-0.15, -0.1) is 0 Å². The minimum atomic E-state index is -0.350. The highest BCUT2D eigenvalue weighted by atomic mass is 32.1. The van der Waals surface area contributed by atoms with Gasteiger partial charge in [0.05, 0.1) is 12.2 Å². The van der Waals surface area contributed by atoms with Crippen molar-refractivity contribution in [3.8, 4) is 0 Å². The van der Waals surface area contributed by atoms with E-state index in [1.165, 1.54) is 11.1 Å². The summed E-state index contributed by atoms with van der Waals surface area (Å²) in [5.41, 5.74) is 2.51. The van der Waals surface area contributed by atoms with E-state index in [4.69, 9.17) is 4.74 Å². The van der Waals surface area contributed by atoms with Gasteiger partial charge in [0, 0.05) is 26.2 Å². The van der Waals surface area contributed by atoms with Crippen LogP contribution in [0.3, 0.4) is 0 Å². The predicted octanol–water partition coefficient (Wildman–Crippen LogP) is 3.33. The van der Waals surface area contributed by atoms with Crippen LogP contribution in [-0.2, 0) is 17.7 Å². The number of hydrogen-bond donors (Lipinski definition) is 1. The summed E-state index contributed by atoms with van der Waals surface area (Å²) in [4.78, 5) is 2.34. The van der Waals surface area contributed by atoms with Gasteiger partial charge >= 0.3 is 0 Å². The number of hydrogen-bond acceptors (Lipinski definition) is 4. The van der Waals surface area contributed by atoms with Crippen molar-refractivity contribution in [2.45, 2.75) is 38.0 Å². The van der Waals surface area contributed by atoms with Crippen molar-refractivity contribution >= 4 is 11.3 Å². The fraction of sp³-hybridized carbons (Fsp3) is 0.474. The molecule has 1 aliphatic rings. The summed E-state index contributed by atoms with van der Waals surface area (Å²) >= 11 is 1.73. The van der Waals surface area contributed by atoms with E-state index in [0.717, 1.165) is 32.5 Å². The Bertz CT molecular complexity index is 552. The average molecular weight is 331 g/mol. The lowest BCUT2D eigenvalue weighted by atomic mass is 10.1. The van der Waals surface area contributed by atoms with E-state index in [2.05, 4.69) is 33.9 Å². The molecule has 0 aliphatic carbocycles. The molecular formula is C19H25NO2S. The second kappa shape index (κ2) is 8.60. The highest BCUT2D eigenvalue weighted by Gasteiger charge is 2.21. The fourth-order valence-corrected chi connectivity index (χ4v) is 3.83. The van der Waals surface area contributed by atoms with Gasteiger partial charge in [-0.05, 0) is 47.2 Å². The maximum Gasteiger partial charge on any atom is 0.0707 e. The van der Waals surface area contributed by atoms with Crippen LogP contribution in [0.15, 0.2) is 47.2 Å². The topological polar surface area (TPSA) is 32.7 Å². The SMILES string of the molecule is OC(Cc1ccccc1)CN(Cc1ccsc1)CC1CCCO1. The number of aliphatic hydroxyl groups excluding tert-OH is 1. The third kappa shape index (κ3) is 5.43. The van der Waals surface area contributed by atoms with Gasteiger partial charge in [-0.2, -0.15) is 11.3 Å². The Balaban J connectivity index is 1.57. The molecule has 0 saturated carbocycles. The summed E-state index contributed by atoms with van der Waals surface area (Å²) in [5.74, 6) is 0. The Morgan fingerprint density at radius 3 is 2.78 bits per heavy atom. The Kier molecular flexibility index (Phi) is 6.22. The van der Waals surface area contributed by atoms with Crippen molar-refractivity contribution in [1.82, 2.24) is 4.90 Å². The first-order valence-corrected chi connectivity index (χ1v) is 9.31. The van der Waals surface area contributed by atoms with E-state index in [1.807, 2.05) is 18.2 Å². The molecule has 23 heavy (non-hydrogen) atoms. The quantitative estimate of drug-likeness (QED) is 0.805. The minimum absolute atomic E-state index is 0.317. The summed E-state index contributed by atoms with van der Waals surface area (Å²) < 4.78 is 5.78. The number of aliphatic hydroxyl groups is 1. The summed E-state index contributed by atoms with van der Waals surface area (Å²) in [7, 11) is 0. The summed E-state index contributed by atoms with van der Waals surface area (Å²) in [6.45, 7) is 3.35. The lowest BCUT2D eigenvalue weighted by Crippen LogP contribution is -2.38. The third-order valence-corrected chi connectivity index (χ3v) is 4.99. The second-order valence-electron chi connectivity index (χ2n) is 6.30. The van der Waals surface area contributed by atoms with Gasteiger partial charge < -0.3 is 9.84 Å². The number of thiophene rings is 1. The molecule has 1 N–H and O–H groups in total. The first-order chi connectivity index (χ1) is 11.3. The lowest BCUT2D eigenvalue weighted by Gasteiger charge is -2.27. The van der Waals surface area contributed by atoms with Crippen LogP contribution in [0.25, 0.3) is 0 Å². The Labute approximate surface area is 142 Å². The molecule has 3 nitrogen and oxygen atoms in total. The summed E-state index contributed by atoms with van der Waals surface area (Å²) in [6, 6.07) is 12.4. The molecule has 2 unspecified atom stereocenters. The van der Waals surface area contributed by atoms with Crippen LogP contribution in [0.5, 0.6) is 0 Å². The van der Waals surface area contributed by atoms with Crippen molar-refractivity contribution in [1.29, 1.82) is 0 Å². The van der Waals surface area contributed by atoms with Crippen LogP contribution in [0.4, 0.5) is 0 Å². The first-order valence-electron chi connectivity index (χ1n) is 8.36. The van der Waals surface area contributed by atoms with E-state index < -0.39 is 0 Å². The van der Waals surface area contributed by atoms with Crippen LogP contribution in [0.2, 0.25) is 0 Å². The van der Waals surface area contributed by atoms with E-state index in [0.29, 0.717) is 19.1 Å². The van der Waals surface area contributed by atoms with Gasteiger partial charge in [-0.3, -0.25) is 4.90 Å². The van der Waals surface area contributed by atoms with Crippen LogP contribution < -0.4 is 0 Å². The number of benzene rings is 1. The van der Waals surface area contributed by atoms with Gasteiger partial charge in [0.15, 0.2) is 0 Å². The molecule has 0 bridgehead atoms. The largest absolute Gasteiger partial charge is 0.391 e. The average Bonchev–Trinajstić information content (AvgIpc) is 3.22. The molecule has 2 aromatic rings. The molecule has 0 spiro atoms. The number of ether oxygens (including phenoxy) is 1. The summed E-state index contributed by atoms with van der Waals surface area (Å²) in [5, 5.41) is 14.8. The molecule has 1 saturated heterocycles. The Morgan fingerprint density at radius 1 is 1.22 bits per heavy atom. The van der Waals surface area contributed by atoms with Crippen LogP contribution >= 0.6 is 11.3 Å². The van der Waals surface area contributed by atoms with Crippen molar-refractivity contribution in [3.63, 3.8) is 0 Å². The first kappa shape index (κ1) is 16.7. The van der Waals surface area contributed by atoms with Crippen molar-refractivity contribution in [2.24, 2.45) is 0 Å². The Hall–Kier alpha value is -1.20. The Morgan fingerprint density at radius 2 is 2.09 bits per heavy atom. The lowest BCUT2D eigenvalue weighted by molar-refractivity contribution is 0.0465. The maximum absolute atomic E-state index is 10.5. The van der Waals surface area contributed by atoms with Gasteiger partial charge in [0.1, 0.15) is 0 Å². The molecule has 1 aliphatic heterocycles. The zero-order valence-corrected chi connectivity index (χ0v) is 14.3. The number of rotatable bonds is 8. The van der Waals surface area contributed by atoms with Gasteiger partial charge in [-0.1, -0.05) is 30.3 Å². The molecule has 2 atom stereocenters. The van der Waals surface area contributed by atoms with Crippen molar-refractivity contribution < 1.29 is 9.84 Å². The molecule has 0 radical (unpaired) electrons. The number of nitrogens with zero attached hydrogens (tertiary/aromatic N) is 1. The fourth-order valence-electron chi connectivity index (χ4n) is 3.17. The molecule has 3 rings (SSSR count). The summed E-state index contributed by atoms with van der Waals surface area (Å²) in [6.07, 6.45) is 2.96. The van der Waals surface area contributed by atoms with Gasteiger partial charge in [0.2, 0.25) is 0 Å². The highest BCUT2D eigenvalue weighted by molar-refractivity contribution is 7.07. The van der Waals surface area contributed by atoms with Crippen molar-refractivity contribution in [3.05, 3.63) is 58.3 Å². The molecule has 124 valence electrons. The van der Waals surface area contributed by atoms with E-state index in [1.54, 1.807) is 11.3 Å². The third-order valence-electron chi connectivity index (χ3n) is 4.26. The van der Waals surface area contributed by atoms with E-state index in [9.17, 15) is 5.11 Å². The minimum Gasteiger partial charge on any atom is -0.391 e. The standard InChI is InChI=1S/C19H25NO2S/c21-18(11-16-5-2-1-3-6-16)13-20(12-17-8-10-23-15-17)14-19-7-4-9-22-19/h1-3,5-6,8,10,15,18-19,21H,4,7,9,11-14H2. The molecule has 1 aromatic carbocycles. The van der Waals surface area contributed by atoms with Gasteiger partial charge in [-0.25, -0.2) is 0 Å². The predicted molar refractivity (Wildman–Crippen MR) is 94.7 cm³/mol. The van der Waals surface area contributed by atoms with E-state index in [-0.39, 0.29) is 6.10 Å². The molecule has 1 fully saturated rings. The normalized spacial score (nSPS) is 19.3. The van der Waals surface area contributed by atoms with E-state index >= 15 is 0 Å². The smallest absolute Gasteiger partial charge is 0.0707 e. The van der Waals surface area contributed by atoms with Crippen LogP contribution in [0.1, 0.15) is 24.0 Å². The van der Waals surface area contributed by atoms with Gasteiger partial charge in [0.25, 0.3) is 0 Å². The zero-order valence-electron chi connectivity index (χ0n) is 13.4. The zero-order chi connectivity index (χ0) is 15.9. The molecule has 2 heterocycles. The monoisotopic (exact) mass is 331 g/mol. The van der Waals surface area contributed by atoms with Crippen LogP contribution in [-0.4, -0.2) is 41.9 Å². The highest BCUT2D eigenvalue weighted by Crippen LogP contribution is 2.17. The maximum atomic E-state index is 10.5. The molecule has 4 heteroatoms. The molecule has 1 aromatic heterocycles. The molecular weight excluding hydrogens is 306 g/mol. The van der Waals surface area contributed by atoms with Crippen LogP contribution in [0, 0.1) is 0 Å². The molecule has 0 amide bonds. The van der Waals surface area contributed by atoms with Crippen molar-refractivity contribution in [2.75, 3.05) is 19.7 Å².